The van der Waals surface area contributed by atoms with Crippen LogP contribution in [-0.2, 0) is 9.59 Å². The summed E-state index contributed by atoms with van der Waals surface area (Å²) < 4.78 is 11.8. The van der Waals surface area contributed by atoms with Crippen LogP contribution < -0.4 is 14.8 Å². The van der Waals surface area contributed by atoms with Crippen LogP contribution in [0.25, 0.3) is 6.08 Å². The van der Waals surface area contributed by atoms with Crippen molar-refractivity contribution < 1.29 is 23.9 Å². The lowest BCUT2D eigenvalue weighted by Gasteiger charge is -2.14. The van der Waals surface area contributed by atoms with Crippen molar-refractivity contribution in [3.8, 4) is 11.5 Å². The van der Waals surface area contributed by atoms with Crippen LogP contribution in [0.3, 0.4) is 0 Å². The average molecular weight is 574 g/mol. The lowest BCUT2D eigenvalue weighted by atomic mass is 10.1. The Morgan fingerprint density at radius 3 is 2.52 bits per heavy atom. The standard InChI is InChI=1S/C22H19BrCl2N2O5S/c1-3-31-17-8-12(7-16(25)20(17)32-4-2)9-18-21(29)27(22(30)33-18)11-19(28)26-13-5-6-14(23)15(24)10-13/h5-10H,3-4,11H2,1-2H3,(H,26,28)/b18-9+. The highest BCUT2D eigenvalue weighted by molar-refractivity contribution is 9.10. The normalized spacial score (nSPS) is 14.7. The second-order valence-corrected chi connectivity index (χ2v) is 9.30. The summed E-state index contributed by atoms with van der Waals surface area (Å²) in [5.74, 6) is -0.252. The van der Waals surface area contributed by atoms with Gasteiger partial charge in [-0.05, 0) is 83.5 Å². The molecule has 1 heterocycles. The molecule has 2 aromatic carbocycles. The number of amides is 3. The van der Waals surface area contributed by atoms with E-state index in [9.17, 15) is 14.4 Å². The Morgan fingerprint density at radius 1 is 1.12 bits per heavy atom. The van der Waals surface area contributed by atoms with E-state index in [0.717, 1.165) is 16.7 Å². The third kappa shape index (κ3) is 6.23. The predicted molar refractivity (Wildman–Crippen MR) is 134 cm³/mol. The molecule has 2 aromatic rings. The summed E-state index contributed by atoms with van der Waals surface area (Å²) in [6.07, 6.45) is 1.53. The first kappa shape index (κ1) is 25.4. The molecule has 0 unspecified atom stereocenters. The van der Waals surface area contributed by atoms with Crippen molar-refractivity contribution in [3.63, 3.8) is 0 Å². The molecule has 0 atom stereocenters. The summed E-state index contributed by atoms with van der Waals surface area (Å²) >= 11 is 16.4. The van der Waals surface area contributed by atoms with E-state index >= 15 is 0 Å². The number of ether oxygens (including phenoxy) is 2. The topological polar surface area (TPSA) is 84.9 Å². The van der Waals surface area contributed by atoms with Crippen molar-refractivity contribution in [2.75, 3.05) is 25.1 Å². The lowest BCUT2D eigenvalue weighted by Crippen LogP contribution is -2.36. The number of hydrogen-bond acceptors (Lipinski definition) is 6. The van der Waals surface area contributed by atoms with E-state index in [0.29, 0.717) is 50.5 Å². The number of nitrogens with one attached hydrogen (secondary N) is 1. The maximum absolute atomic E-state index is 12.8. The van der Waals surface area contributed by atoms with Gasteiger partial charge in [-0.1, -0.05) is 23.2 Å². The van der Waals surface area contributed by atoms with Crippen LogP contribution in [0, 0.1) is 0 Å². The van der Waals surface area contributed by atoms with Crippen LogP contribution in [0.4, 0.5) is 10.5 Å². The SMILES string of the molecule is CCOc1cc(/C=C2/SC(=O)N(CC(=O)Nc3ccc(Br)c(Cl)c3)C2=O)cc(Cl)c1OCC. The number of anilines is 1. The minimum atomic E-state index is -0.572. The van der Waals surface area contributed by atoms with Gasteiger partial charge >= 0.3 is 0 Å². The first-order valence-corrected chi connectivity index (χ1v) is 12.2. The number of rotatable bonds is 8. The van der Waals surface area contributed by atoms with E-state index in [1.807, 2.05) is 13.8 Å². The minimum Gasteiger partial charge on any atom is -0.490 e. The zero-order chi connectivity index (χ0) is 24.1. The first-order chi connectivity index (χ1) is 15.7. The largest absolute Gasteiger partial charge is 0.490 e. The molecule has 1 aliphatic rings. The number of carbonyl (C=O) groups is 3. The summed E-state index contributed by atoms with van der Waals surface area (Å²) in [5.41, 5.74) is 1.01. The molecule has 11 heteroatoms. The molecule has 0 aliphatic carbocycles. The quantitative estimate of drug-likeness (QED) is 0.377. The van der Waals surface area contributed by atoms with Gasteiger partial charge in [-0.3, -0.25) is 19.3 Å². The Bertz CT molecular complexity index is 1140. The Morgan fingerprint density at radius 2 is 1.85 bits per heavy atom. The highest BCUT2D eigenvalue weighted by Gasteiger charge is 2.36. The van der Waals surface area contributed by atoms with Gasteiger partial charge in [-0.2, -0.15) is 0 Å². The Balaban J connectivity index is 1.76. The second kappa shape index (κ2) is 11.3. The van der Waals surface area contributed by atoms with E-state index in [1.54, 1.807) is 30.3 Å². The minimum absolute atomic E-state index is 0.169. The molecule has 1 aliphatic heterocycles. The van der Waals surface area contributed by atoms with E-state index in [1.165, 1.54) is 6.08 Å². The van der Waals surface area contributed by atoms with E-state index in [2.05, 4.69) is 21.2 Å². The molecule has 3 rings (SSSR count). The molecule has 7 nitrogen and oxygen atoms in total. The molecular weight excluding hydrogens is 555 g/mol. The molecule has 1 saturated heterocycles. The zero-order valence-electron chi connectivity index (χ0n) is 17.6. The van der Waals surface area contributed by atoms with Crippen LogP contribution >= 0.6 is 50.9 Å². The van der Waals surface area contributed by atoms with Crippen LogP contribution in [0.2, 0.25) is 10.0 Å². The number of thioether (sulfide) groups is 1. The molecule has 1 N–H and O–H groups in total. The van der Waals surface area contributed by atoms with Crippen LogP contribution in [0.15, 0.2) is 39.7 Å². The molecule has 0 spiro atoms. The highest BCUT2D eigenvalue weighted by atomic mass is 79.9. The summed E-state index contributed by atoms with van der Waals surface area (Å²) in [4.78, 5) is 38.6. The Labute approximate surface area is 213 Å². The molecule has 3 amide bonds. The monoisotopic (exact) mass is 572 g/mol. The zero-order valence-corrected chi connectivity index (χ0v) is 21.5. The van der Waals surface area contributed by atoms with Crippen LogP contribution in [0.1, 0.15) is 19.4 Å². The van der Waals surface area contributed by atoms with Gasteiger partial charge in [0.1, 0.15) is 6.54 Å². The van der Waals surface area contributed by atoms with E-state index < -0.39 is 23.6 Å². The summed E-state index contributed by atoms with van der Waals surface area (Å²) in [6.45, 7) is 4.04. The van der Waals surface area contributed by atoms with Gasteiger partial charge in [0.05, 0.1) is 28.2 Å². The molecule has 0 bridgehead atoms. The van der Waals surface area contributed by atoms with Crippen LogP contribution in [-0.4, -0.2) is 41.7 Å². The Hall–Kier alpha value is -2.20. The summed E-state index contributed by atoms with van der Waals surface area (Å²) in [5, 5.41) is 2.82. The van der Waals surface area contributed by atoms with Gasteiger partial charge < -0.3 is 14.8 Å². The van der Waals surface area contributed by atoms with Crippen molar-refractivity contribution in [1.29, 1.82) is 0 Å². The maximum atomic E-state index is 12.8. The summed E-state index contributed by atoms with van der Waals surface area (Å²) in [6, 6.07) is 8.18. The molecule has 0 saturated carbocycles. The highest BCUT2D eigenvalue weighted by Crippen LogP contribution is 2.39. The fourth-order valence-electron chi connectivity index (χ4n) is 2.92. The van der Waals surface area contributed by atoms with Gasteiger partial charge in [0.25, 0.3) is 11.1 Å². The van der Waals surface area contributed by atoms with Crippen LogP contribution in [0.5, 0.6) is 11.5 Å². The Kier molecular flexibility index (Phi) is 8.69. The average Bonchev–Trinajstić information content (AvgIpc) is 3.01. The van der Waals surface area contributed by atoms with Crippen molar-refractivity contribution >= 4 is 79.7 Å². The number of halogens is 3. The predicted octanol–water partition coefficient (Wildman–Crippen LogP) is 6.23. The fraction of sp³-hybridized carbons (Fsp3) is 0.227. The number of nitrogens with zero attached hydrogens (tertiary/aromatic N) is 1. The van der Waals surface area contributed by atoms with E-state index in [-0.39, 0.29) is 4.91 Å². The first-order valence-electron chi connectivity index (χ1n) is 9.82. The second-order valence-electron chi connectivity index (χ2n) is 6.64. The van der Waals surface area contributed by atoms with Crippen molar-refractivity contribution in [3.05, 3.63) is 55.3 Å². The molecule has 174 valence electrons. The van der Waals surface area contributed by atoms with Gasteiger partial charge in [0.2, 0.25) is 5.91 Å². The molecule has 1 fully saturated rings. The molecule has 0 radical (unpaired) electrons. The van der Waals surface area contributed by atoms with Gasteiger partial charge in [0, 0.05) is 10.2 Å². The van der Waals surface area contributed by atoms with Gasteiger partial charge in [0.15, 0.2) is 11.5 Å². The molecule has 0 aromatic heterocycles. The third-order valence-corrected chi connectivity index (χ3v) is 6.72. The maximum Gasteiger partial charge on any atom is 0.294 e. The summed E-state index contributed by atoms with van der Waals surface area (Å²) in [7, 11) is 0. The number of imide groups is 1. The van der Waals surface area contributed by atoms with E-state index in [4.69, 9.17) is 32.7 Å². The van der Waals surface area contributed by atoms with Crippen molar-refractivity contribution in [2.45, 2.75) is 13.8 Å². The molecular formula is C22H19BrCl2N2O5S. The van der Waals surface area contributed by atoms with Crippen molar-refractivity contribution in [2.24, 2.45) is 0 Å². The van der Waals surface area contributed by atoms with Gasteiger partial charge in [-0.15, -0.1) is 0 Å². The lowest BCUT2D eigenvalue weighted by molar-refractivity contribution is -0.127. The fourth-order valence-corrected chi connectivity index (χ4v) is 4.46. The van der Waals surface area contributed by atoms with Crippen molar-refractivity contribution in [1.82, 2.24) is 4.90 Å². The smallest absolute Gasteiger partial charge is 0.294 e. The van der Waals surface area contributed by atoms with Gasteiger partial charge in [-0.25, -0.2) is 0 Å². The number of hydrogen-bond donors (Lipinski definition) is 1. The molecule has 33 heavy (non-hydrogen) atoms. The number of benzene rings is 2. The number of carbonyl (C=O) groups excluding carboxylic acids is 3. The third-order valence-electron chi connectivity index (χ3n) is 4.30.